The van der Waals surface area contributed by atoms with Gasteiger partial charge in [-0.25, -0.2) is 13.8 Å². The van der Waals surface area contributed by atoms with E-state index in [0.717, 1.165) is 6.07 Å². The predicted molar refractivity (Wildman–Crippen MR) is 43.5 cm³/mol. The van der Waals surface area contributed by atoms with Gasteiger partial charge in [-0.05, 0) is 12.1 Å². The first-order valence-electron chi connectivity index (χ1n) is 3.42. The summed E-state index contributed by atoms with van der Waals surface area (Å²) < 4.78 is 24.4. The van der Waals surface area contributed by atoms with Crippen molar-refractivity contribution in [3.8, 4) is 6.07 Å². The van der Waals surface area contributed by atoms with Crippen molar-refractivity contribution in [2.75, 3.05) is 0 Å². The number of nitriles is 1. The van der Waals surface area contributed by atoms with Gasteiger partial charge in [-0.1, -0.05) is 0 Å². The molecular weight excluding hydrogens is 198 g/mol. The number of aromatic nitrogens is 1. The van der Waals surface area contributed by atoms with Gasteiger partial charge >= 0.3 is 0 Å². The summed E-state index contributed by atoms with van der Waals surface area (Å²) in [5, 5.41) is 8.46. The van der Waals surface area contributed by atoms with Crippen LogP contribution < -0.4 is 0 Å². The lowest BCUT2D eigenvalue weighted by Gasteiger charge is -2.01. The molecule has 1 aromatic heterocycles. The molecule has 0 aromatic carbocycles. The molecule has 0 N–H and O–H groups in total. The van der Waals surface area contributed by atoms with E-state index in [1.165, 1.54) is 6.07 Å². The van der Waals surface area contributed by atoms with Gasteiger partial charge in [0.1, 0.15) is 11.8 Å². The second-order valence-electron chi connectivity index (χ2n) is 2.32. The third kappa shape index (κ3) is 2.36. The zero-order valence-corrected chi connectivity index (χ0v) is 7.22. The number of hydrogen-bond acceptors (Lipinski definition) is 2. The Morgan fingerprint density at radius 1 is 1.54 bits per heavy atom. The van der Waals surface area contributed by atoms with E-state index in [4.69, 9.17) is 16.9 Å². The molecule has 1 aromatic rings. The summed E-state index contributed by atoms with van der Waals surface area (Å²) in [6.45, 7) is 0. The van der Waals surface area contributed by atoms with Crippen molar-refractivity contribution in [2.45, 2.75) is 12.3 Å². The molecule has 68 valence electrons. The molecule has 0 unspecified atom stereocenters. The highest BCUT2D eigenvalue weighted by Gasteiger charge is 2.10. The quantitative estimate of drug-likeness (QED) is 0.692. The maximum Gasteiger partial charge on any atom is 0.264 e. The number of alkyl halides is 3. The van der Waals surface area contributed by atoms with E-state index in [9.17, 15) is 8.78 Å². The van der Waals surface area contributed by atoms with Crippen molar-refractivity contribution >= 4 is 11.6 Å². The van der Waals surface area contributed by atoms with Gasteiger partial charge in [0.2, 0.25) is 0 Å². The monoisotopic (exact) mass is 202 g/mol. The number of pyridine rings is 1. The number of nitrogens with zero attached hydrogens (tertiary/aromatic N) is 2. The van der Waals surface area contributed by atoms with E-state index >= 15 is 0 Å². The Kier molecular flexibility index (Phi) is 3.15. The van der Waals surface area contributed by atoms with Gasteiger partial charge in [-0.15, -0.1) is 11.6 Å². The fourth-order valence-electron chi connectivity index (χ4n) is 0.863. The highest BCUT2D eigenvalue weighted by Crippen LogP contribution is 2.20. The fourth-order valence-corrected chi connectivity index (χ4v) is 1.000. The van der Waals surface area contributed by atoms with E-state index in [0.29, 0.717) is 0 Å². The largest absolute Gasteiger partial charge is 0.264 e. The Labute approximate surface area is 78.8 Å². The van der Waals surface area contributed by atoms with Gasteiger partial charge in [-0.3, -0.25) is 0 Å². The van der Waals surface area contributed by atoms with Gasteiger partial charge in [0.25, 0.3) is 6.43 Å². The molecule has 0 saturated carbocycles. The summed E-state index contributed by atoms with van der Waals surface area (Å²) in [6.07, 6.45) is -2.60. The van der Waals surface area contributed by atoms with Crippen LogP contribution in [0.4, 0.5) is 8.78 Å². The molecule has 13 heavy (non-hydrogen) atoms. The lowest BCUT2D eigenvalue weighted by Crippen LogP contribution is -1.94. The molecule has 0 radical (unpaired) electrons. The maximum atomic E-state index is 12.2. The second kappa shape index (κ2) is 4.15. The lowest BCUT2D eigenvalue weighted by atomic mass is 10.2. The standard InChI is InChI=1S/C8H5ClF2N2/c9-3-6-1-5(8(10)11)2-7(4-12)13-6/h1-2,8H,3H2. The molecule has 2 nitrogen and oxygen atoms in total. The van der Waals surface area contributed by atoms with Crippen LogP contribution in [0.25, 0.3) is 0 Å². The Bertz CT molecular complexity index is 346. The zero-order chi connectivity index (χ0) is 9.84. The second-order valence-corrected chi connectivity index (χ2v) is 2.59. The van der Waals surface area contributed by atoms with Gasteiger partial charge in [0, 0.05) is 5.56 Å². The summed E-state index contributed by atoms with van der Waals surface area (Å²) >= 11 is 5.42. The number of hydrogen-bond donors (Lipinski definition) is 0. The molecule has 0 fully saturated rings. The molecule has 5 heteroatoms. The minimum atomic E-state index is -2.60. The van der Waals surface area contributed by atoms with Crippen LogP contribution in [0.3, 0.4) is 0 Å². The van der Waals surface area contributed by atoms with Crippen LogP contribution in [0.5, 0.6) is 0 Å². The van der Waals surface area contributed by atoms with Gasteiger partial charge < -0.3 is 0 Å². The SMILES string of the molecule is N#Cc1cc(C(F)F)cc(CCl)n1. The topological polar surface area (TPSA) is 36.7 Å². The Morgan fingerprint density at radius 3 is 2.69 bits per heavy atom. The number of halogens is 3. The van der Waals surface area contributed by atoms with Crippen molar-refractivity contribution < 1.29 is 8.78 Å². The normalized spacial score (nSPS) is 10.1. The smallest absolute Gasteiger partial charge is 0.241 e. The molecule has 0 aliphatic heterocycles. The van der Waals surface area contributed by atoms with Crippen LogP contribution in [0, 0.1) is 11.3 Å². The van der Waals surface area contributed by atoms with Crippen molar-refractivity contribution in [3.05, 3.63) is 29.1 Å². The Balaban J connectivity index is 3.17. The summed E-state index contributed by atoms with van der Waals surface area (Å²) in [5.74, 6) is 0.0231. The van der Waals surface area contributed by atoms with Crippen molar-refractivity contribution in [3.63, 3.8) is 0 Å². The van der Waals surface area contributed by atoms with Gasteiger partial charge in [0.05, 0.1) is 11.6 Å². The summed E-state index contributed by atoms with van der Waals surface area (Å²) in [6, 6.07) is 3.94. The first-order chi connectivity index (χ1) is 6.17. The summed E-state index contributed by atoms with van der Waals surface area (Å²) in [4.78, 5) is 3.73. The van der Waals surface area contributed by atoms with Crippen molar-refractivity contribution in [1.29, 1.82) is 5.26 Å². The summed E-state index contributed by atoms with van der Waals surface area (Å²) in [5.41, 5.74) is 0.0340. The molecule has 0 amide bonds. The Morgan fingerprint density at radius 2 is 2.23 bits per heavy atom. The summed E-state index contributed by atoms with van der Waals surface area (Å²) in [7, 11) is 0. The Hall–Kier alpha value is -1.21. The van der Waals surface area contributed by atoms with E-state index in [-0.39, 0.29) is 22.8 Å². The van der Waals surface area contributed by atoms with Crippen LogP contribution in [0.2, 0.25) is 0 Å². The van der Waals surface area contributed by atoms with E-state index < -0.39 is 6.43 Å². The molecule has 0 saturated heterocycles. The molecule has 0 spiro atoms. The lowest BCUT2D eigenvalue weighted by molar-refractivity contribution is 0.151. The van der Waals surface area contributed by atoms with E-state index in [2.05, 4.69) is 4.98 Å². The molecule has 0 aliphatic carbocycles. The van der Waals surface area contributed by atoms with Crippen LogP contribution >= 0.6 is 11.6 Å². The zero-order valence-electron chi connectivity index (χ0n) is 6.47. The van der Waals surface area contributed by atoms with Crippen LogP contribution in [0.1, 0.15) is 23.4 Å². The molecule has 0 atom stereocenters. The maximum absolute atomic E-state index is 12.2. The fraction of sp³-hybridized carbons (Fsp3) is 0.250. The van der Waals surface area contributed by atoms with Gasteiger partial charge in [-0.2, -0.15) is 5.26 Å². The first-order valence-corrected chi connectivity index (χ1v) is 3.96. The average molecular weight is 203 g/mol. The third-order valence-electron chi connectivity index (χ3n) is 1.40. The highest BCUT2D eigenvalue weighted by atomic mass is 35.5. The van der Waals surface area contributed by atoms with Crippen LogP contribution in [-0.4, -0.2) is 4.98 Å². The molecule has 0 aliphatic rings. The predicted octanol–water partition coefficient (Wildman–Crippen LogP) is 2.63. The van der Waals surface area contributed by atoms with Crippen LogP contribution in [0.15, 0.2) is 12.1 Å². The highest BCUT2D eigenvalue weighted by molar-refractivity contribution is 6.16. The first kappa shape index (κ1) is 9.87. The minimum absolute atomic E-state index is 0.0231. The third-order valence-corrected chi connectivity index (χ3v) is 1.68. The van der Waals surface area contributed by atoms with Crippen LogP contribution in [-0.2, 0) is 5.88 Å². The minimum Gasteiger partial charge on any atom is -0.241 e. The molecular formula is C8H5ClF2N2. The van der Waals surface area contributed by atoms with E-state index in [1.54, 1.807) is 6.07 Å². The van der Waals surface area contributed by atoms with Crippen molar-refractivity contribution in [1.82, 2.24) is 4.98 Å². The van der Waals surface area contributed by atoms with Crippen molar-refractivity contribution in [2.24, 2.45) is 0 Å². The molecule has 1 heterocycles. The van der Waals surface area contributed by atoms with Gasteiger partial charge in [0.15, 0.2) is 0 Å². The molecule has 1 rings (SSSR count). The number of rotatable bonds is 2. The average Bonchev–Trinajstić information content (AvgIpc) is 2.16. The molecule has 0 bridgehead atoms. The van der Waals surface area contributed by atoms with E-state index in [1.807, 2.05) is 0 Å².